The first-order valence-electron chi connectivity index (χ1n) is 6.79. The van der Waals surface area contributed by atoms with Gasteiger partial charge in [0.05, 0.1) is 5.39 Å². The van der Waals surface area contributed by atoms with Gasteiger partial charge in [0.1, 0.15) is 10.6 Å². The highest BCUT2D eigenvalue weighted by Gasteiger charge is 2.10. The van der Waals surface area contributed by atoms with Crippen molar-refractivity contribution in [2.24, 2.45) is 5.84 Å². The summed E-state index contributed by atoms with van der Waals surface area (Å²) in [6.45, 7) is 4.07. The van der Waals surface area contributed by atoms with Crippen LogP contribution in [0.25, 0.3) is 10.2 Å². The van der Waals surface area contributed by atoms with E-state index in [0.717, 1.165) is 42.0 Å². The Balaban J connectivity index is 2.18. The summed E-state index contributed by atoms with van der Waals surface area (Å²) in [7, 11) is 4.15. The van der Waals surface area contributed by atoms with Crippen LogP contribution in [0, 0.1) is 0 Å². The highest BCUT2D eigenvalue weighted by molar-refractivity contribution is 7.18. The van der Waals surface area contributed by atoms with Crippen LogP contribution in [0.3, 0.4) is 0 Å². The molecule has 0 saturated heterocycles. The second kappa shape index (κ2) is 6.83. The van der Waals surface area contributed by atoms with Crippen molar-refractivity contribution in [3.8, 4) is 0 Å². The van der Waals surface area contributed by atoms with Gasteiger partial charge in [-0.3, -0.25) is 5.43 Å². The van der Waals surface area contributed by atoms with E-state index in [1.54, 1.807) is 11.3 Å². The predicted molar refractivity (Wildman–Crippen MR) is 86.3 cm³/mol. The second-order valence-corrected chi connectivity index (χ2v) is 6.02. The van der Waals surface area contributed by atoms with E-state index in [0.29, 0.717) is 5.95 Å². The van der Waals surface area contributed by atoms with Crippen LogP contribution in [0.1, 0.15) is 18.2 Å². The Hall–Kier alpha value is -1.44. The average Bonchev–Trinajstić information content (AvgIpc) is 2.86. The minimum absolute atomic E-state index is 0.456. The van der Waals surface area contributed by atoms with Crippen molar-refractivity contribution in [1.29, 1.82) is 0 Å². The number of hydrogen-bond acceptors (Lipinski definition) is 7. The van der Waals surface area contributed by atoms with E-state index < -0.39 is 0 Å². The van der Waals surface area contributed by atoms with E-state index >= 15 is 0 Å². The summed E-state index contributed by atoms with van der Waals surface area (Å²) in [5.74, 6) is 6.75. The monoisotopic (exact) mass is 294 g/mol. The molecule has 0 bridgehead atoms. The molecule has 0 fully saturated rings. The zero-order chi connectivity index (χ0) is 14.5. The molecule has 4 N–H and O–H groups in total. The summed E-state index contributed by atoms with van der Waals surface area (Å²) in [4.78, 5) is 13.3. The molecule has 0 radical (unpaired) electrons. The van der Waals surface area contributed by atoms with Gasteiger partial charge in [-0.05, 0) is 39.5 Å². The summed E-state index contributed by atoms with van der Waals surface area (Å²) >= 11 is 1.69. The van der Waals surface area contributed by atoms with Gasteiger partial charge in [-0.15, -0.1) is 11.3 Å². The standard InChI is InChI=1S/C13H22N6S/c1-4-9-8-10-11(15-6-5-7-19(2)3)16-13(18-14)17-12(10)20-9/h8H,4-7,14H2,1-3H3,(H2,15,16,17,18). The minimum Gasteiger partial charge on any atom is -0.369 e. The molecule has 20 heavy (non-hydrogen) atoms. The molecule has 2 aromatic heterocycles. The highest BCUT2D eigenvalue weighted by atomic mass is 32.1. The molecule has 2 aromatic rings. The SMILES string of the molecule is CCc1cc2c(NCCCN(C)C)nc(NN)nc2s1. The number of nitrogen functional groups attached to an aromatic ring is 1. The van der Waals surface area contributed by atoms with E-state index in [9.17, 15) is 0 Å². The van der Waals surface area contributed by atoms with Gasteiger partial charge in [0, 0.05) is 11.4 Å². The Labute approximate surface area is 123 Å². The molecule has 2 heterocycles. The maximum atomic E-state index is 5.44. The zero-order valence-corrected chi connectivity index (χ0v) is 13.0. The molecule has 110 valence electrons. The third-order valence-electron chi connectivity index (χ3n) is 3.00. The van der Waals surface area contributed by atoms with Gasteiger partial charge in [0.15, 0.2) is 0 Å². The van der Waals surface area contributed by atoms with E-state index in [2.05, 4.69) is 52.7 Å². The maximum absolute atomic E-state index is 5.44. The van der Waals surface area contributed by atoms with Crippen molar-refractivity contribution >= 4 is 33.3 Å². The molecule has 0 spiro atoms. The molecule has 0 amide bonds. The number of hydrogen-bond donors (Lipinski definition) is 3. The summed E-state index contributed by atoms with van der Waals surface area (Å²) in [6, 6.07) is 2.16. The first-order chi connectivity index (χ1) is 9.63. The summed E-state index contributed by atoms with van der Waals surface area (Å²) in [5.41, 5.74) is 2.53. The number of fused-ring (bicyclic) bond motifs is 1. The smallest absolute Gasteiger partial charge is 0.240 e. The van der Waals surface area contributed by atoms with Gasteiger partial charge < -0.3 is 10.2 Å². The zero-order valence-electron chi connectivity index (χ0n) is 12.2. The van der Waals surface area contributed by atoms with Gasteiger partial charge in [-0.1, -0.05) is 6.92 Å². The lowest BCUT2D eigenvalue weighted by molar-refractivity contribution is 0.405. The molecule has 0 aromatic carbocycles. The van der Waals surface area contributed by atoms with Gasteiger partial charge in [0.2, 0.25) is 5.95 Å². The van der Waals surface area contributed by atoms with Crippen LogP contribution in [0.15, 0.2) is 6.07 Å². The molecule has 0 atom stereocenters. The largest absolute Gasteiger partial charge is 0.369 e. The second-order valence-electron chi connectivity index (χ2n) is 4.91. The fourth-order valence-electron chi connectivity index (χ4n) is 1.95. The van der Waals surface area contributed by atoms with Crippen molar-refractivity contribution in [2.45, 2.75) is 19.8 Å². The number of anilines is 2. The van der Waals surface area contributed by atoms with Crippen molar-refractivity contribution < 1.29 is 0 Å². The third kappa shape index (κ3) is 3.56. The third-order valence-corrected chi connectivity index (χ3v) is 4.17. The normalized spacial score (nSPS) is 11.2. The Bertz CT molecular complexity index is 565. The number of nitrogens with one attached hydrogen (secondary N) is 2. The number of hydrazine groups is 1. The van der Waals surface area contributed by atoms with E-state index in [-0.39, 0.29) is 0 Å². The number of thiophene rings is 1. The predicted octanol–water partition coefficient (Wildman–Crippen LogP) is 1.90. The Morgan fingerprint density at radius 2 is 2.15 bits per heavy atom. The number of rotatable bonds is 7. The fraction of sp³-hybridized carbons (Fsp3) is 0.538. The first kappa shape index (κ1) is 15.0. The van der Waals surface area contributed by atoms with E-state index in [1.165, 1.54) is 4.88 Å². The molecule has 0 aliphatic carbocycles. The van der Waals surface area contributed by atoms with Crippen LogP contribution in [-0.4, -0.2) is 42.1 Å². The van der Waals surface area contributed by atoms with Crippen LogP contribution in [0.5, 0.6) is 0 Å². The van der Waals surface area contributed by atoms with Crippen molar-refractivity contribution in [2.75, 3.05) is 37.9 Å². The summed E-state index contributed by atoms with van der Waals surface area (Å²) in [5, 5.41) is 4.47. The van der Waals surface area contributed by atoms with Gasteiger partial charge in [0.25, 0.3) is 0 Å². The lowest BCUT2D eigenvalue weighted by atomic mass is 10.3. The molecular weight excluding hydrogens is 272 g/mol. The molecule has 0 saturated carbocycles. The van der Waals surface area contributed by atoms with E-state index in [1.807, 2.05) is 0 Å². The molecule has 0 unspecified atom stereocenters. The van der Waals surface area contributed by atoms with Crippen LogP contribution in [-0.2, 0) is 6.42 Å². The molecule has 2 rings (SSSR count). The first-order valence-corrected chi connectivity index (χ1v) is 7.61. The fourth-order valence-corrected chi connectivity index (χ4v) is 2.91. The number of aryl methyl sites for hydroxylation is 1. The maximum Gasteiger partial charge on any atom is 0.240 e. The summed E-state index contributed by atoms with van der Waals surface area (Å²) in [6.07, 6.45) is 2.07. The number of aromatic nitrogens is 2. The summed E-state index contributed by atoms with van der Waals surface area (Å²) < 4.78 is 0. The Kier molecular flexibility index (Phi) is 5.11. The van der Waals surface area contributed by atoms with Crippen LogP contribution < -0.4 is 16.6 Å². The number of nitrogens with zero attached hydrogens (tertiary/aromatic N) is 3. The molecule has 0 aliphatic rings. The molecule has 6 nitrogen and oxygen atoms in total. The van der Waals surface area contributed by atoms with Gasteiger partial charge >= 0.3 is 0 Å². The van der Waals surface area contributed by atoms with Crippen molar-refractivity contribution in [3.05, 3.63) is 10.9 Å². The van der Waals surface area contributed by atoms with Crippen LogP contribution in [0.2, 0.25) is 0 Å². The molecule has 7 heteroatoms. The lowest BCUT2D eigenvalue weighted by Gasteiger charge is -2.11. The lowest BCUT2D eigenvalue weighted by Crippen LogP contribution is -2.17. The van der Waals surface area contributed by atoms with Crippen LogP contribution >= 0.6 is 11.3 Å². The van der Waals surface area contributed by atoms with Crippen molar-refractivity contribution in [3.63, 3.8) is 0 Å². The molecular formula is C13H22N6S. The minimum atomic E-state index is 0.456. The topological polar surface area (TPSA) is 79.1 Å². The van der Waals surface area contributed by atoms with E-state index in [4.69, 9.17) is 5.84 Å². The van der Waals surface area contributed by atoms with Gasteiger partial charge in [-0.2, -0.15) is 4.98 Å². The Morgan fingerprint density at radius 1 is 1.35 bits per heavy atom. The van der Waals surface area contributed by atoms with Crippen molar-refractivity contribution in [1.82, 2.24) is 14.9 Å². The quantitative estimate of drug-likeness (QED) is 0.411. The average molecular weight is 294 g/mol. The number of nitrogens with two attached hydrogens (primary N) is 1. The Morgan fingerprint density at radius 3 is 2.80 bits per heavy atom. The van der Waals surface area contributed by atoms with Crippen LogP contribution in [0.4, 0.5) is 11.8 Å². The highest BCUT2D eigenvalue weighted by Crippen LogP contribution is 2.30. The van der Waals surface area contributed by atoms with Gasteiger partial charge in [-0.25, -0.2) is 10.8 Å². The molecule has 0 aliphatic heterocycles.